The molecule has 0 radical (unpaired) electrons. The zero-order chi connectivity index (χ0) is 19.5. The van der Waals surface area contributed by atoms with E-state index in [1.165, 1.54) is 44.9 Å². The Kier molecular flexibility index (Phi) is 10.3. The number of hydrogen-bond donors (Lipinski definition) is 1. The van der Waals surface area contributed by atoms with Crippen LogP contribution in [0.5, 0.6) is 0 Å². The zero-order valence-electron chi connectivity index (χ0n) is 17.5. The van der Waals surface area contributed by atoms with Gasteiger partial charge in [0.2, 0.25) is 0 Å². The van der Waals surface area contributed by atoms with Gasteiger partial charge in [0.25, 0.3) is 0 Å². The maximum Gasteiger partial charge on any atom is 0.146 e. The third-order valence-electron chi connectivity index (χ3n) is 5.58. The second-order valence-corrected chi connectivity index (χ2v) is 9.69. The molecule has 0 aromatic carbocycles. The molecule has 0 aliphatic heterocycles. The molecule has 0 fully saturated rings. The van der Waals surface area contributed by atoms with E-state index in [4.69, 9.17) is 4.52 Å². The second-order valence-electron chi connectivity index (χ2n) is 7.97. The number of unbranched alkanes of at least 4 members (excludes halogenated alkanes) is 7. The number of thioether (sulfide) groups is 1. The summed E-state index contributed by atoms with van der Waals surface area (Å²) in [5.74, 6) is 2.56. The summed E-state index contributed by atoms with van der Waals surface area (Å²) < 4.78 is 5.66. The van der Waals surface area contributed by atoms with Crippen molar-refractivity contribution >= 4 is 17.5 Å². The summed E-state index contributed by atoms with van der Waals surface area (Å²) in [5.41, 5.74) is 2.79. The molecule has 4 nitrogen and oxygen atoms in total. The Balaban J connectivity index is 1.82. The van der Waals surface area contributed by atoms with Crippen molar-refractivity contribution in [3.05, 3.63) is 17.0 Å². The van der Waals surface area contributed by atoms with Gasteiger partial charge >= 0.3 is 0 Å². The fraction of sp³-hybridized carbons (Fsp3) is 0.818. The summed E-state index contributed by atoms with van der Waals surface area (Å²) in [7, 11) is 0. The lowest BCUT2D eigenvalue weighted by atomic mass is 9.83. The average molecular weight is 395 g/mol. The van der Waals surface area contributed by atoms with Crippen molar-refractivity contribution in [3.63, 3.8) is 0 Å². The first-order chi connectivity index (χ1) is 13.2. The molecule has 1 aliphatic carbocycles. The summed E-state index contributed by atoms with van der Waals surface area (Å²) in [5, 5.41) is 18.1. The van der Waals surface area contributed by atoms with Crippen LogP contribution in [-0.4, -0.2) is 27.1 Å². The largest absolute Gasteiger partial charge is 0.411 e. The molecule has 0 unspecified atom stereocenters. The molecule has 2 atom stereocenters. The normalized spacial score (nSPS) is 19.4. The smallest absolute Gasteiger partial charge is 0.146 e. The summed E-state index contributed by atoms with van der Waals surface area (Å²) >= 11 is 1.99. The first-order valence-electron chi connectivity index (χ1n) is 11.0. The molecule has 0 amide bonds. The van der Waals surface area contributed by atoms with Crippen molar-refractivity contribution in [1.82, 2.24) is 5.16 Å². The van der Waals surface area contributed by atoms with Crippen LogP contribution in [0.15, 0.2) is 9.68 Å². The topological polar surface area (TPSA) is 58.6 Å². The maximum atomic E-state index is 9.56. The van der Waals surface area contributed by atoms with Crippen LogP contribution < -0.4 is 0 Å². The van der Waals surface area contributed by atoms with Crippen molar-refractivity contribution < 1.29 is 9.73 Å². The van der Waals surface area contributed by atoms with Crippen molar-refractivity contribution in [2.45, 2.75) is 103 Å². The van der Waals surface area contributed by atoms with Crippen LogP contribution in [0.4, 0.5) is 0 Å². The van der Waals surface area contributed by atoms with Gasteiger partial charge in [0.15, 0.2) is 0 Å². The molecule has 5 heteroatoms. The number of fused-ring (bicyclic) bond motifs is 1. The van der Waals surface area contributed by atoms with Crippen LogP contribution in [-0.2, 0) is 12.8 Å². The third kappa shape index (κ3) is 7.17. The van der Waals surface area contributed by atoms with Crippen LogP contribution in [0.3, 0.4) is 0 Å². The molecule has 0 bridgehead atoms. The van der Waals surface area contributed by atoms with Crippen LogP contribution in [0.1, 0.15) is 102 Å². The lowest BCUT2D eigenvalue weighted by molar-refractivity contribution is 0.310. The highest BCUT2D eigenvalue weighted by Gasteiger charge is 2.31. The maximum absolute atomic E-state index is 9.56. The lowest BCUT2D eigenvalue weighted by Gasteiger charge is -2.24. The van der Waals surface area contributed by atoms with E-state index in [9.17, 15) is 5.21 Å². The molecule has 27 heavy (non-hydrogen) atoms. The van der Waals surface area contributed by atoms with Gasteiger partial charge in [-0.15, -0.1) is 0 Å². The number of aromatic nitrogens is 1. The van der Waals surface area contributed by atoms with E-state index in [0.717, 1.165) is 60.6 Å². The van der Waals surface area contributed by atoms with Crippen LogP contribution >= 0.6 is 11.8 Å². The molecule has 0 spiro atoms. The highest BCUT2D eigenvalue weighted by molar-refractivity contribution is 7.99. The quantitative estimate of drug-likeness (QED) is 0.232. The molecular weight excluding hydrogens is 356 g/mol. The first kappa shape index (κ1) is 22.3. The molecule has 2 rings (SSSR count). The van der Waals surface area contributed by atoms with E-state index in [1.54, 1.807) is 0 Å². The van der Waals surface area contributed by atoms with E-state index in [2.05, 4.69) is 31.1 Å². The SMILES string of the molecule is CCCCCCCCCCc1noc2c1/C(=N/O)C[C@H](C[C@H](C)SCC)C2. The summed E-state index contributed by atoms with van der Waals surface area (Å²) in [4.78, 5) is 0. The molecule has 1 aromatic heterocycles. The predicted molar refractivity (Wildman–Crippen MR) is 115 cm³/mol. The third-order valence-corrected chi connectivity index (χ3v) is 6.68. The number of aryl methyl sites for hydroxylation is 1. The van der Waals surface area contributed by atoms with E-state index < -0.39 is 0 Å². The molecule has 0 saturated carbocycles. The minimum absolute atomic E-state index is 0.487. The number of nitrogens with zero attached hydrogens (tertiary/aromatic N) is 2. The standard InChI is InChI=1S/C22H38N2O2S/c1-4-6-7-8-9-10-11-12-13-19-22-20(23-25)15-18(14-17(3)27-5-2)16-21(22)26-24-19/h17-18,25H,4-16H2,1-3H3/b23-20+/t17-,18-/m0/s1. The van der Waals surface area contributed by atoms with E-state index in [-0.39, 0.29) is 0 Å². The zero-order valence-corrected chi connectivity index (χ0v) is 18.3. The molecule has 1 heterocycles. The Labute approximate surface area is 169 Å². The Bertz CT molecular complexity index is 571. The fourth-order valence-electron chi connectivity index (χ4n) is 4.22. The van der Waals surface area contributed by atoms with Gasteiger partial charge in [-0.25, -0.2) is 0 Å². The molecule has 0 saturated heterocycles. The van der Waals surface area contributed by atoms with Crippen LogP contribution in [0, 0.1) is 5.92 Å². The summed E-state index contributed by atoms with van der Waals surface area (Å²) in [6.07, 6.45) is 14.3. The predicted octanol–water partition coefficient (Wildman–Crippen LogP) is 6.63. The number of hydrogen-bond acceptors (Lipinski definition) is 5. The van der Waals surface area contributed by atoms with Gasteiger partial charge in [0.1, 0.15) is 5.76 Å². The number of rotatable bonds is 13. The average Bonchev–Trinajstić information content (AvgIpc) is 3.06. The van der Waals surface area contributed by atoms with Gasteiger partial charge in [-0.05, 0) is 37.4 Å². The van der Waals surface area contributed by atoms with Gasteiger partial charge in [0, 0.05) is 11.7 Å². The van der Waals surface area contributed by atoms with Gasteiger partial charge in [0.05, 0.1) is 17.0 Å². The van der Waals surface area contributed by atoms with Crippen LogP contribution in [0.2, 0.25) is 0 Å². The Morgan fingerprint density at radius 3 is 2.48 bits per heavy atom. The van der Waals surface area contributed by atoms with Gasteiger partial charge in [-0.1, -0.05) is 76.0 Å². The Hall–Kier alpha value is -0.970. The molecule has 154 valence electrons. The van der Waals surface area contributed by atoms with Gasteiger partial charge in [-0.3, -0.25) is 0 Å². The lowest BCUT2D eigenvalue weighted by Crippen LogP contribution is -2.23. The highest BCUT2D eigenvalue weighted by atomic mass is 32.2. The van der Waals surface area contributed by atoms with E-state index in [0.29, 0.717) is 11.2 Å². The van der Waals surface area contributed by atoms with Crippen molar-refractivity contribution in [2.75, 3.05) is 5.75 Å². The summed E-state index contributed by atoms with van der Waals surface area (Å²) in [6.45, 7) is 6.75. The monoisotopic (exact) mass is 394 g/mol. The second kappa shape index (κ2) is 12.5. The van der Waals surface area contributed by atoms with Gasteiger partial charge in [-0.2, -0.15) is 11.8 Å². The molecule has 1 N–H and O–H groups in total. The Morgan fingerprint density at radius 1 is 1.11 bits per heavy atom. The van der Waals surface area contributed by atoms with Crippen LogP contribution in [0.25, 0.3) is 0 Å². The first-order valence-corrected chi connectivity index (χ1v) is 12.0. The van der Waals surface area contributed by atoms with Crippen molar-refractivity contribution in [1.29, 1.82) is 0 Å². The minimum atomic E-state index is 0.487. The Morgan fingerprint density at radius 2 is 1.81 bits per heavy atom. The van der Waals surface area contributed by atoms with E-state index >= 15 is 0 Å². The highest BCUT2D eigenvalue weighted by Crippen LogP contribution is 2.33. The minimum Gasteiger partial charge on any atom is -0.411 e. The van der Waals surface area contributed by atoms with E-state index in [1.807, 2.05) is 11.8 Å². The number of oxime groups is 1. The van der Waals surface area contributed by atoms with Crippen molar-refractivity contribution in [3.8, 4) is 0 Å². The van der Waals surface area contributed by atoms with Gasteiger partial charge < -0.3 is 9.73 Å². The molecule has 1 aliphatic rings. The fourth-order valence-corrected chi connectivity index (χ4v) is 5.19. The van der Waals surface area contributed by atoms with Crippen molar-refractivity contribution in [2.24, 2.45) is 11.1 Å². The molecular formula is C22H38N2O2S. The molecule has 1 aromatic rings. The summed E-state index contributed by atoms with van der Waals surface area (Å²) in [6, 6.07) is 0.